The number of aliphatic hydroxyl groups is 1. The lowest BCUT2D eigenvalue weighted by Crippen LogP contribution is -1.75. The topological polar surface area (TPSA) is 50.2 Å². The molecule has 1 aromatic rings. The van der Waals surface area contributed by atoms with E-state index in [1.807, 2.05) is 18.2 Å². The molecule has 0 atom stereocenters. The van der Waals surface area contributed by atoms with Gasteiger partial charge in [0, 0.05) is 12.4 Å². The van der Waals surface area contributed by atoms with Gasteiger partial charge in [-0.25, -0.2) is 0 Å². The average molecular weight is 139 g/mol. The van der Waals surface area contributed by atoms with Gasteiger partial charge in [0.1, 0.15) is 6.29 Å². The molecule has 0 aliphatic carbocycles. The number of pyridine rings is 1. The monoisotopic (exact) mass is 139 g/mol. The Labute approximate surface area is 59.3 Å². The summed E-state index contributed by atoms with van der Waals surface area (Å²) in [6.07, 6.45) is 3.93. The molecule has 0 spiro atoms. The molecule has 0 saturated heterocycles. The van der Waals surface area contributed by atoms with E-state index < -0.39 is 0 Å². The van der Waals surface area contributed by atoms with Gasteiger partial charge in [0.15, 0.2) is 0 Å². The van der Waals surface area contributed by atoms with Crippen LogP contribution < -0.4 is 0 Å². The Hall–Kier alpha value is -1.22. The number of rotatable bonds is 1. The van der Waals surface area contributed by atoms with E-state index >= 15 is 0 Å². The molecule has 0 amide bonds. The van der Waals surface area contributed by atoms with Gasteiger partial charge in [0.25, 0.3) is 0 Å². The van der Waals surface area contributed by atoms with E-state index in [-0.39, 0.29) is 6.61 Å². The molecule has 0 fully saturated rings. The van der Waals surface area contributed by atoms with Crippen LogP contribution in [-0.2, 0) is 4.79 Å². The van der Waals surface area contributed by atoms with Gasteiger partial charge in [-0.3, -0.25) is 4.98 Å². The number of aliphatic hydroxyl groups excluding tert-OH is 1. The Kier molecular flexibility index (Phi) is 6.83. The minimum absolute atomic E-state index is 0.361. The van der Waals surface area contributed by atoms with Crippen LogP contribution in [0, 0.1) is 0 Å². The zero-order valence-electron chi connectivity index (χ0n) is 5.47. The van der Waals surface area contributed by atoms with Crippen molar-refractivity contribution in [2.75, 3.05) is 6.61 Å². The summed E-state index contributed by atoms with van der Waals surface area (Å²) in [5.41, 5.74) is 0. The molecule has 3 heteroatoms. The number of aromatic nitrogens is 1. The zero-order valence-corrected chi connectivity index (χ0v) is 5.47. The van der Waals surface area contributed by atoms with Crippen LogP contribution >= 0.6 is 0 Å². The second-order valence-corrected chi connectivity index (χ2v) is 1.37. The molecule has 0 radical (unpaired) electrons. The summed E-state index contributed by atoms with van der Waals surface area (Å²) in [6.45, 7) is -0.361. The number of aldehydes is 1. The van der Waals surface area contributed by atoms with Crippen LogP contribution in [0.5, 0.6) is 0 Å². The minimum atomic E-state index is -0.361. The van der Waals surface area contributed by atoms with Gasteiger partial charge in [-0.1, -0.05) is 6.07 Å². The molecule has 1 rings (SSSR count). The molecule has 1 N–H and O–H groups in total. The van der Waals surface area contributed by atoms with Crippen LogP contribution in [-0.4, -0.2) is 23.0 Å². The van der Waals surface area contributed by atoms with Crippen molar-refractivity contribution in [3.05, 3.63) is 30.6 Å². The van der Waals surface area contributed by atoms with Crippen LogP contribution in [0.25, 0.3) is 0 Å². The molecule has 1 heterocycles. The van der Waals surface area contributed by atoms with Crippen molar-refractivity contribution in [2.45, 2.75) is 0 Å². The fourth-order valence-corrected chi connectivity index (χ4v) is 0.313. The standard InChI is InChI=1S/C5H5N.C2H4O2/c1-2-4-6-5-3-1;3-1-2-4/h1-5H;1,4H,2H2. The molecule has 0 bridgehead atoms. The predicted octanol–water partition coefficient (Wildman–Crippen LogP) is 0.259. The lowest BCUT2D eigenvalue weighted by atomic mass is 10.5. The molecule has 1 aromatic heterocycles. The Bertz CT molecular complexity index is 126. The van der Waals surface area contributed by atoms with Gasteiger partial charge in [0.2, 0.25) is 0 Å². The first-order valence-corrected chi connectivity index (χ1v) is 2.81. The van der Waals surface area contributed by atoms with Gasteiger partial charge in [-0.05, 0) is 12.1 Å². The maximum absolute atomic E-state index is 8.92. The Morgan fingerprint density at radius 1 is 1.30 bits per heavy atom. The minimum Gasteiger partial charge on any atom is -0.389 e. The lowest BCUT2D eigenvalue weighted by molar-refractivity contribution is -0.110. The summed E-state index contributed by atoms with van der Waals surface area (Å²) in [6, 6.07) is 5.72. The Balaban J connectivity index is 0.000000180. The van der Waals surface area contributed by atoms with Gasteiger partial charge < -0.3 is 9.90 Å². The highest BCUT2D eigenvalue weighted by Crippen LogP contribution is 1.73. The summed E-state index contributed by atoms with van der Waals surface area (Å²) in [7, 11) is 0. The number of nitrogens with zero attached hydrogens (tertiary/aromatic N) is 1. The van der Waals surface area contributed by atoms with E-state index in [2.05, 4.69) is 4.98 Å². The van der Waals surface area contributed by atoms with Crippen molar-refractivity contribution in [3.63, 3.8) is 0 Å². The predicted molar refractivity (Wildman–Crippen MR) is 37.4 cm³/mol. The van der Waals surface area contributed by atoms with Crippen molar-refractivity contribution in [3.8, 4) is 0 Å². The SMILES string of the molecule is O=CCO.c1ccncc1. The van der Waals surface area contributed by atoms with Gasteiger partial charge in [-0.15, -0.1) is 0 Å². The van der Waals surface area contributed by atoms with Crippen LogP contribution in [0.4, 0.5) is 0 Å². The Morgan fingerprint density at radius 2 is 1.80 bits per heavy atom. The van der Waals surface area contributed by atoms with Crippen LogP contribution in [0.2, 0.25) is 0 Å². The molecule has 0 aliphatic rings. The van der Waals surface area contributed by atoms with E-state index in [4.69, 9.17) is 9.90 Å². The van der Waals surface area contributed by atoms with Crippen molar-refractivity contribution in [1.82, 2.24) is 4.98 Å². The van der Waals surface area contributed by atoms with Crippen molar-refractivity contribution in [2.24, 2.45) is 0 Å². The maximum atomic E-state index is 8.92. The van der Waals surface area contributed by atoms with E-state index in [9.17, 15) is 0 Å². The number of carbonyl (C=O) groups is 1. The van der Waals surface area contributed by atoms with Crippen molar-refractivity contribution in [1.29, 1.82) is 0 Å². The largest absolute Gasteiger partial charge is 0.389 e. The molecule has 3 nitrogen and oxygen atoms in total. The van der Waals surface area contributed by atoms with Crippen LogP contribution in [0.1, 0.15) is 0 Å². The molecular weight excluding hydrogens is 130 g/mol. The zero-order chi connectivity index (χ0) is 7.66. The third kappa shape index (κ3) is 6.78. The normalized spacial score (nSPS) is 7.30. The van der Waals surface area contributed by atoms with Crippen molar-refractivity contribution < 1.29 is 9.90 Å². The number of hydrogen-bond acceptors (Lipinski definition) is 3. The van der Waals surface area contributed by atoms with Gasteiger partial charge in [-0.2, -0.15) is 0 Å². The quantitative estimate of drug-likeness (QED) is 0.568. The summed E-state index contributed by atoms with van der Waals surface area (Å²) in [5.74, 6) is 0. The highest BCUT2D eigenvalue weighted by atomic mass is 16.3. The second kappa shape index (κ2) is 7.78. The average Bonchev–Trinajstić information content (AvgIpc) is 2.08. The van der Waals surface area contributed by atoms with Crippen LogP contribution in [0.15, 0.2) is 30.6 Å². The second-order valence-electron chi connectivity index (χ2n) is 1.37. The maximum Gasteiger partial charge on any atom is 0.145 e. The van der Waals surface area contributed by atoms with E-state index in [0.717, 1.165) is 0 Å². The lowest BCUT2D eigenvalue weighted by Gasteiger charge is -1.70. The molecule has 0 aromatic carbocycles. The van der Waals surface area contributed by atoms with Gasteiger partial charge >= 0.3 is 0 Å². The summed E-state index contributed by atoms with van der Waals surface area (Å²) in [5, 5.41) is 7.51. The summed E-state index contributed by atoms with van der Waals surface area (Å²) in [4.78, 5) is 12.7. The van der Waals surface area contributed by atoms with Gasteiger partial charge in [0.05, 0.1) is 6.61 Å². The molecule has 54 valence electrons. The summed E-state index contributed by atoms with van der Waals surface area (Å²) < 4.78 is 0. The highest BCUT2D eigenvalue weighted by Gasteiger charge is 1.58. The fraction of sp³-hybridized carbons (Fsp3) is 0.143. The number of carbonyl (C=O) groups excluding carboxylic acids is 1. The third-order valence-corrected chi connectivity index (χ3v) is 0.641. The molecular formula is C7H9NO2. The number of hydrogen-bond donors (Lipinski definition) is 1. The first-order valence-electron chi connectivity index (χ1n) is 2.81. The molecule has 10 heavy (non-hydrogen) atoms. The third-order valence-electron chi connectivity index (χ3n) is 0.641. The fourth-order valence-electron chi connectivity index (χ4n) is 0.313. The first kappa shape index (κ1) is 8.78. The molecule has 0 aliphatic heterocycles. The van der Waals surface area contributed by atoms with E-state index in [1.165, 1.54) is 0 Å². The van der Waals surface area contributed by atoms with E-state index in [0.29, 0.717) is 6.29 Å². The summed E-state index contributed by atoms with van der Waals surface area (Å²) >= 11 is 0. The first-order chi connectivity index (χ1) is 4.91. The highest BCUT2D eigenvalue weighted by molar-refractivity contribution is 5.49. The molecule has 0 unspecified atom stereocenters. The molecule has 0 saturated carbocycles. The smallest absolute Gasteiger partial charge is 0.145 e. The Morgan fingerprint density at radius 3 is 1.90 bits per heavy atom. The van der Waals surface area contributed by atoms with Crippen molar-refractivity contribution >= 4 is 6.29 Å². The van der Waals surface area contributed by atoms with E-state index in [1.54, 1.807) is 12.4 Å². The van der Waals surface area contributed by atoms with Crippen LogP contribution in [0.3, 0.4) is 0 Å².